The predicted molar refractivity (Wildman–Crippen MR) is 94.9 cm³/mol. The third-order valence-electron chi connectivity index (χ3n) is 5.45. The summed E-state index contributed by atoms with van der Waals surface area (Å²) in [6, 6.07) is 0. The normalized spacial score (nSPS) is 26.7. The molecule has 5 nitrogen and oxygen atoms in total. The van der Waals surface area contributed by atoms with Gasteiger partial charge in [0.15, 0.2) is 0 Å². The highest BCUT2D eigenvalue weighted by molar-refractivity contribution is 6.05. The highest BCUT2D eigenvalue weighted by Crippen LogP contribution is 2.51. The van der Waals surface area contributed by atoms with Crippen LogP contribution in [0.3, 0.4) is 0 Å². The zero-order chi connectivity index (χ0) is 18.6. The van der Waals surface area contributed by atoms with Gasteiger partial charge in [-0.05, 0) is 44.1 Å². The van der Waals surface area contributed by atoms with Crippen LogP contribution in [-0.4, -0.2) is 37.4 Å². The number of carbonyl (C=O) groups excluding carboxylic acids is 2. The molecular formula is C20H32O5. The summed E-state index contributed by atoms with van der Waals surface area (Å²) in [5.74, 6) is -0.887. The van der Waals surface area contributed by atoms with Crippen molar-refractivity contribution in [2.45, 2.75) is 72.0 Å². The molecule has 2 atom stereocenters. The molecule has 0 aromatic heterocycles. The zero-order valence-corrected chi connectivity index (χ0v) is 16.0. The molecule has 2 aliphatic rings. The van der Waals surface area contributed by atoms with Crippen LogP contribution in [0.25, 0.3) is 0 Å². The molecule has 0 N–H and O–H groups in total. The van der Waals surface area contributed by atoms with Gasteiger partial charge in [-0.1, -0.05) is 39.7 Å². The van der Waals surface area contributed by atoms with Crippen LogP contribution in [0.15, 0.2) is 12.2 Å². The van der Waals surface area contributed by atoms with Crippen LogP contribution in [-0.2, 0) is 23.8 Å². The lowest BCUT2D eigenvalue weighted by Gasteiger charge is -2.36. The molecule has 1 saturated carbocycles. The van der Waals surface area contributed by atoms with Gasteiger partial charge in [-0.25, -0.2) is 0 Å². The lowest BCUT2D eigenvalue weighted by Crippen LogP contribution is -2.52. The Morgan fingerprint density at radius 2 is 1.64 bits per heavy atom. The molecule has 1 heterocycles. The fraction of sp³-hybridized carbons (Fsp3) is 0.800. The average Bonchev–Trinajstić information content (AvgIpc) is 2.90. The van der Waals surface area contributed by atoms with Gasteiger partial charge in [0.2, 0.25) is 5.41 Å². The van der Waals surface area contributed by atoms with Gasteiger partial charge >= 0.3 is 11.9 Å². The molecular weight excluding hydrogens is 320 g/mol. The minimum absolute atomic E-state index is 0.115. The average molecular weight is 352 g/mol. The van der Waals surface area contributed by atoms with Gasteiger partial charge in [-0.3, -0.25) is 9.59 Å². The van der Waals surface area contributed by atoms with Crippen LogP contribution in [0.4, 0.5) is 0 Å². The first kappa shape index (κ1) is 20.0. The Labute approximate surface area is 151 Å². The molecule has 1 saturated heterocycles. The van der Waals surface area contributed by atoms with E-state index in [0.717, 1.165) is 25.7 Å². The number of hydrogen-bond acceptors (Lipinski definition) is 5. The monoisotopic (exact) mass is 352 g/mol. The molecule has 0 bridgehead atoms. The third-order valence-corrected chi connectivity index (χ3v) is 5.45. The summed E-state index contributed by atoms with van der Waals surface area (Å²) in [6.45, 7) is 12.1. The largest absolute Gasteiger partial charge is 0.465 e. The Balaban J connectivity index is 2.51. The predicted octanol–water partition coefficient (Wildman–Crippen LogP) is 3.66. The van der Waals surface area contributed by atoms with Gasteiger partial charge in [-0.2, -0.15) is 0 Å². The summed E-state index contributed by atoms with van der Waals surface area (Å²) in [5.41, 5.74) is -1.04. The first-order valence-electron chi connectivity index (χ1n) is 9.60. The maximum atomic E-state index is 13.1. The minimum atomic E-state index is -1.54. The molecule has 5 heteroatoms. The first-order chi connectivity index (χ1) is 11.9. The molecule has 0 aromatic carbocycles. The summed E-state index contributed by atoms with van der Waals surface area (Å²) >= 11 is 0. The van der Waals surface area contributed by atoms with E-state index in [0.29, 0.717) is 5.57 Å². The van der Waals surface area contributed by atoms with E-state index in [-0.39, 0.29) is 31.2 Å². The Hall–Kier alpha value is -1.36. The lowest BCUT2D eigenvalue weighted by atomic mass is 9.68. The van der Waals surface area contributed by atoms with Crippen molar-refractivity contribution in [1.82, 2.24) is 0 Å². The molecule has 2 fully saturated rings. The van der Waals surface area contributed by atoms with E-state index >= 15 is 0 Å². The molecule has 0 amide bonds. The molecule has 25 heavy (non-hydrogen) atoms. The van der Waals surface area contributed by atoms with Crippen molar-refractivity contribution >= 4 is 11.9 Å². The van der Waals surface area contributed by atoms with Crippen LogP contribution in [0.2, 0.25) is 0 Å². The zero-order valence-electron chi connectivity index (χ0n) is 16.0. The smallest absolute Gasteiger partial charge is 0.330 e. The second-order valence-electron chi connectivity index (χ2n) is 7.39. The Bertz CT molecular complexity index is 486. The van der Waals surface area contributed by atoms with Crippen LogP contribution in [0, 0.1) is 17.3 Å². The Morgan fingerprint density at radius 1 is 1.12 bits per heavy atom. The fourth-order valence-corrected chi connectivity index (χ4v) is 4.28. The summed E-state index contributed by atoms with van der Waals surface area (Å²) in [6.07, 6.45) is 4.36. The standard InChI is InChI=1S/C20H32O5/c1-6-23-18(21)20(19(22)24-7-2)14(5)16(13(3)4)25-17(20)15-11-9-8-10-12-15/h13,15-17H,5-12H2,1-4H3. The first-order valence-corrected chi connectivity index (χ1v) is 9.60. The Kier molecular flexibility index (Phi) is 6.66. The SMILES string of the molecule is C=C1C(C(C)C)OC(C2CCCCC2)C1(C(=O)OCC)C(=O)OCC. The number of rotatable bonds is 6. The van der Waals surface area contributed by atoms with E-state index in [2.05, 4.69) is 6.58 Å². The van der Waals surface area contributed by atoms with Gasteiger partial charge in [0.25, 0.3) is 0 Å². The van der Waals surface area contributed by atoms with Gasteiger partial charge in [0, 0.05) is 0 Å². The topological polar surface area (TPSA) is 61.8 Å². The molecule has 2 rings (SSSR count). The number of esters is 2. The van der Waals surface area contributed by atoms with Gasteiger partial charge in [0.1, 0.15) is 0 Å². The van der Waals surface area contributed by atoms with Crippen molar-refractivity contribution in [3.05, 3.63) is 12.2 Å². The highest BCUT2D eigenvalue weighted by Gasteiger charge is 2.66. The number of hydrogen-bond donors (Lipinski definition) is 0. The van der Waals surface area contributed by atoms with Gasteiger partial charge in [-0.15, -0.1) is 0 Å². The van der Waals surface area contributed by atoms with Crippen molar-refractivity contribution < 1.29 is 23.8 Å². The van der Waals surface area contributed by atoms with E-state index in [1.54, 1.807) is 13.8 Å². The van der Waals surface area contributed by atoms with E-state index in [1.807, 2.05) is 13.8 Å². The van der Waals surface area contributed by atoms with Crippen molar-refractivity contribution in [3.8, 4) is 0 Å². The highest BCUT2D eigenvalue weighted by atomic mass is 16.6. The van der Waals surface area contributed by atoms with Crippen LogP contribution in [0.5, 0.6) is 0 Å². The Morgan fingerprint density at radius 3 is 2.08 bits per heavy atom. The van der Waals surface area contributed by atoms with E-state index in [9.17, 15) is 9.59 Å². The molecule has 2 unspecified atom stereocenters. The summed E-state index contributed by atoms with van der Waals surface area (Å²) < 4.78 is 17.0. The van der Waals surface area contributed by atoms with Crippen LogP contribution < -0.4 is 0 Å². The van der Waals surface area contributed by atoms with E-state index in [1.165, 1.54) is 6.42 Å². The molecule has 142 valence electrons. The molecule has 1 aliphatic carbocycles. The van der Waals surface area contributed by atoms with Gasteiger partial charge < -0.3 is 14.2 Å². The minimum Gasteiger partial charge on any atom is -0.465 e. The van der Waals surface area contributed by atoms with Gasteiger partial charge in [0.05, 0.1) is 25.4 Å². The van der Waals surface area contributed by atoms with Crippen molar-refractivity contribution in [3.63, 3.8) is 0 Å². The van der Waals surface area contributed by atoms with E-state index in [4.69, 9.17) is 14.2 Å². The number of carbonyl (C=O) groups is 2. The maximum Gasteiger partial charge on any atom is 0.330 e. The van der Waals surface area contributed by atoms with Crippen LogP contribution >= 0.6 is 0 Å². The summed E-state index contributed by atoms with van der Waals surface area (Å²) in [5, 5.41) is 0. The second kappa shape index (κ2) is 8.35. The van der Waals surface area contributed by atoms with Crippen molar-refractivity contribution in [2.75, 3.05) is 13.2 Å². The lowest BCUT2D eigenvalue weighted by molar-refractivity contribution is -0.177. The quantitative estimate of drug-likeness (QED) is 0.415. The fourth-order valence-electron chi connectivity index (χ4n) is 4.28. The van der Waals surface area contributed by atoms with E-state index < -0.39 is 23.5 Å². The van der Waals surface area contributed by atoms with Crippen molar-refractivity contribution in [1.29, 1.82) is 0 Å². The van der Waals surface area contributed by atoms with Crippen LogP contribution in [0.1, 0.15) is 59.8 Å². The summed E-state index contributed by atoms with van der Waals surface area (Å²) in [7, 11) is 0. The molecule has 0 aromatic rings. The second-order valence-corrected chi connectivity index (χ2v) is 7.39. The molecule has 0 spiro atoms. The molecule has 0 radical (unpaired) electrons. The maximum absolute atomic E-state index is 13.1. The molecule has 1 aliphatic heterocycles. The van der Waals surface area contributed by atoms with Crippen molar-refractivity contribution in [2.24, 2.45) is 17.3 Å². The number of ether oxygens (including phenoxy) is 3. The summed E-state index contributed by atoms with van der Waals surface area (Å²) in [4.78, 5) is 26.1. The third kappa shape index (κ3) is 3.48.